The van der Waals surface area contributed by atoms with E-state index in [1.54, 1.807) is 0 Å². The predicted molar refractivity (Wildman–Crippen MR) is 78.9 cm³/mol. The van der Waals surface area contributed by atoms with Gasteiger partial charge < -0.3 is 15.0 Å². The molecule has 7 heteroatoms. The van der Waals surface area contributed by atoms with Crippen LogP contribution < -0.4 is 5.73 Å². The maximum Gasteiger partial charge on any atom is 0.495 e. The van der Waals surface area contributed by atoms with Gasteiger partial charge in [-0.3, -0.25) is 10.8 Å². The summed E-state index contributed by atoms with van der Waals surface area (Å²) in [5.41, 5.74) is 3.36. The highest BCUT2D eigenvalue weighted by Crippen LogP contribution is 2.39. The third kappa shape index (κ3) is 2.89. The van der Waals surface area contributed by atoms with E-state index in [1.807, 2.05) is 27.7 Å². The molecule has 1 saturated heterocycles. The van der Waals surface area contributed by atoms with Gasteiger partial charge in [-0.15, -0.1) is 0 Å². The van der Waals surface area contributed by atoms with Crippen molar-refractivity contribution in [1.29, 1.82) is 10.8 Å². The van der Waals surface area contributed by atoms with Gasteiger partial charge in [-0.25, -0.2) is 4.39 Å². The highest BCUT2D eigenvalue weighted by atomic mass is 19.1. The van der Waals surface area contributed by atoms with Gasteiger partial charge >= 0.3 is 7.12 Å². The molecule has 0 radical (unpaired) electrons. The minimum atomic E-state index is -0.729. The van der Waals surface area contributed by atoms with Crippen molar-refractivity contribution in [3.63, 3.8) is 0 Å². The van der Waals surface area contributed by atoms with E-state index < -0.39 is 29.9 Å². The molecule has 0 aromatic rings. The minimum absolute atomic E-state index is 0.167. The SMILES string of the molecule is CC1(C)OB(C2=CC(=N)C(=N)C(F)=C2)OC1(C)C.CN. The molecule has 4 N–H and O–H groups in total. The normalized spacial score (nSPS) is 23.9. The van der Waals surface area contributed by atoms with Crippen LogP contribution in [0, 0.1) is 10.8 Å². The van der Waals surface area contributed by atoms with Gasteiger partial charge in [-0.2, -0.15) is 0 Å². The summed E-state index contributed by atoms with van der Waals surface area (Å²) >= 11 is 0. The molecule has 1 aliphatic carbocycles. The fourth-order valence-electron chi connectivity index (χ4n) is 1.74. The van der Waals surface area contributed by atoms with Crippen LogP contribution in [0.25, 0.3) is 0 Å². The smallest absolute Gasteiger partial charge is 0.399 e. The summed E-state index contributed by atoms with van der Waals surface area (Å²) in [6.07, 6.45) is 2.61. The summed E-state index contributed by atoms with van der Waals surface area (Å²) < 4.78 is 25.0. The van der Waals surface area contributed by atoms with E-state index in [0.717, 1.165) is 0 Å². The minimum Gasteiger partial charge on any atom is -0.399 e. The number of nitrogens with two attached hydrogens (primary N) is 1. The van der Waals surface area contributed by atoms with Gasteiger partial charge in [0.2, 0.25) is 0 Å². The molecular weight excluding hydrogens is 260 g/mol. The lowest BCUT2D eigenvalue weighted by atomic mass is 9.75. The lowest BCUT2D eigenvalue weighted by Gasteiger charge is -2.32. The van der Waals surface area contributed by atoms with E-state index in [9.17, 15) is 4.39 Å². The summed E-state index contributed by atoms with van der Waals surface area (Å²) in [5, 5.41) is 14.8. The quantitative estimate of drug-likeness (QED) is 0.507. The number of nitrogens with one attached hydrogen (secondary N) is 2. The summed E-state index contributed by atoms with van der Waals surface area (Å²) in [7, 11) is 0.800. The number of hydrogen-bond acceptors (Lipinski definition) is 5. The van der Waals surface area contributed by atoms with Gasteiger partial charge in [0, 0.05) is 0 Å². The van der Waals surface area contributed by atoms with Crippen LogP contribution in [0.15, 0.2) is 23.5 Å². The van der Waals surface area contributed by atoms with Gasteiger partial charge in [0.15, 0.2) is 0 Å². The van der Waals surface area contributed by atoms with Crippen molar-refractivity contribution >= 4 is 18.5 Å². The molecule has 2 aliphatic rings. The zero-order valence-corrected chi connectivity index (χ0v) is 12.5. The van der Waals surface area contributed by atoms with Gasteiger partial charge in [0.1, 0.15) is 11.5 Å². The first-order chi connectivity index (χ1) is 9.14. The van der Waals surface area contributed by atoms with E-state index in [2.05, 4.69) is 5.73 Å². The number of allylic oxidation sites excluding steroid dienone is 4. The molecule has 0 atom stereocenters. The molecule has 0 aromatic heterocycles. The summed E-state index contributed by atoms with van der Waals surface area (Å²) in [6, 6.07) is 0. The zero-order valence-electron chi connectivity index (χ0n) is 12.5. The van der Waals surface area contributed by atoms with Gasteiger partial charge in [-0.05, 0) is 52.4 Å². The van der Waals surface area contributed by atoms with Crippen molar-refractivity contribution < 1.29 is 13.7 Å². The third-order valence-electron chi connectivity index (χ3n) is 3.64. The first-order valence-electron chi connectivity index (χ1n) is 6.34. The fraction of sp³-hybridized carbons (Fsp3) is 0.538. The Hall–Kier alpha value is -1.31. The first kappa shape index (κ1) is 16.7. The Kier molecular flexibility index (Phi) is 4.68. The van der Waals surface area contributed by atoms with Crippen molar-refractivity contribution in [2.75, 3.05) is 7.05 Å². The lowest BCUT2D eigenvalue weighted by molar-refractivity contribution is 0.00578. The highest BCUT2D eigenvalue weighted by molar-refractivity contribution is 6.60. The molecule has 0 bridgehead atoms. The predicted octanol–water partition coefficient (Wildman–Crippen LogP) is 2.03. The Balaban J connectivity index is 0.000000956. The van der Waals surface area contributed by atoms with Crippen molar-refractivity contribution in [1.82, 2.24) is 0 Å². The van der Waals surface area contributed by atoms with Crippen molar-refractivity contribution in [3.8, 4) is 0 Å². The van der Waals surface area contributed by atoms with E-state index in [1.165, 1.54) is 19.2 Å². The summed E-state index contributed by atoms with van der Waals surface area (Å²) in [6.45, 7) is 7.63. The summed E-state index contributed by atoms with van der Waals surface area (Å²) in [5.74, 6) is -0.729. The molecule has 0 unspecified atom stereocenters. The van der Waals surface area contributed by atoms with Crippen LogP contribution in [-0.2, 0) is 9.31 Å². The van der Waals surface area contributed by atoms with E-state index in [0.29, 0.717) is 5.47 Å². The van der Waals surface area contributed by atoms with E-state index >= 15 is 0 Å². The van der Waals surface area contributed by atoms with Crippen LogP contribution in [0.4, 0.5) is 4.39 Å². The van der Waals surface area contributed by atoms with Gasteiger partial charge in [0.05, 0.1) is 16.9 Å². The first-order valence-corrected chi connectivity index (χ1v) is 6.34. The monoisotopic (exact) mass is 281 g/mol. The number of rotatable bonds is 1. The van der Waals surface area contributed by atoms with Crippen molar-refractivity contribution in [2.45, 2.75) is 38.9 Å². The molecule has 1 fully saturated rings. The van der Waals surface area contributed by atoms with Crippen molar-refractivity contribution in [3.05, 3.63) is 23.5 Å². The summed E-state index contributed by atoms with van der Waals surface area (Å²) in [4.78, 5) is 0. The second kappa shape index (κ2) is 5.59. The van der Waals surface area contributed by atoms with Gasteiger partial charge in [-0.1, -0.05) is 0 Å². The van der Waals surface area contributed by atoms with Crippen LogP contribution in [0.3, 0.4) is 0 Å². The average Bonchev–Trinajstić information content (AvgIpc) is 2.57. The largest absolute Gasteiger partial charge is 0.495 e. The van der Waals surface area contributed by atoms with Crippen LogP contribution >= 0.6 is 0 Å². The molecule has 1 aliphatic heterocycles. The van der Waals surface area contributed by atoms with Crippen LogP contribution in [0.1, 0.15) is 27.7 Å². The van der Waals surface area contributed by atoms with E-state index in [-0.39, 0.29) is 5.71 Å². The van der Waals surface area contributed by atoms with Crippen molar-refractivity contribution in [2.24, 2.45) is 5.73 Å². The van der Waals surface area contributed by atoms with E-state index in [4.69, 9.17) is 20.1 Å². The molecule has 1 heterocycles. The average molecular weight is 281 g/mol. The maximum atomic E-state index is 13.5. The Morgan fingerprint density at radius 3 is 1.90 bits per heavy atom. The lowest BCUT2D eigenvalue weighted by Crippen LogP contribution is -2.41. The standard InChI is InChI=1S/C12H16BFN2O2.CH5N/c1-11(2)12(3,4)18-13(17-11)7-5-8(14)10(16)9(15)6-7;1-2/h5-6,15-16H,1-4H3;2H2,1H3. The molecule has 5 nitrogen and oxygen atoms in total. The number of hydrogen-bond donors (Lipinski definition) is 3. The molecule has 110 valence electrons. The second-order valence-electron chi connectivity index (χ2n) is 5.51. The fourth-order valence-corrected chi connectivity index (χ4v) is 1.74. The topological polar surface area (TPSA) is 92.2 Å². The molecule has 0 aromatic carbocycles. The molecule has 0 saturated carbocycles. The Labute approximate surface area is 119 Å². The third-order valence-corrected chi connectivity index (χ3v) is 3.64. The second-order valence-corrected chi connectivity index (χ2v) is 5.51. The maximum absolute atomic E-state index is 13.5. The van der Waals surface area contributed by atoms with Gasteiger partial charge in [0.25, 0.3) is 0 Å². The molecule has 0 amide bonds. The molecule has 20 heavy (non-hydrogen) atoms. The van der Waals surface area contributed by atoms with Crippen LogP contribution in [0.2, 0.25) is 0 Å². The highest BCUT2D eigenvalue weighted by Gasteiger charge is 2.52. The molecule has 2 rings (SSSR count). The molecular formula is C13H21BFN3O2. The zero-order chi connectivity index (χ0) is 15.7. The Morgan fingerprint density at radius 2 is 1.50 bits per heavy atom. The Bertz CT molecular complexity index is 482. The number of halogens is 1. The van der Waals surface area contributed by atoms with Crippen LogP contribution in [0.5, 0.6) is 0 Å². The Morgan fingerprint density at radius 1 is 1.05 bits per heavy atom. The van der Waals surface area contributed by atoms with Crippen LogP contribution in [-0.4, -0.2) is 36.8 Å². The molecule has 0 spiro atoms.